The fourth-order valence-corrected chi connectivity index (χ4v) is 3.10. The maximum Gasteiger partial charge on any atom is 0.193 e. The smallest absolute Gasteiger partial charge is 0.193 e. The molecule has 23 heavy (non-hydrogen) atoms. The molecule has 1 aromatic heterocycles. The van der Waals surface area contributed by atoms with Crippen LogP contribution in [-0.2, 0) is 0 Å². The molecule has 2 nitrogen and oxygen atoms in total. The number of halogens is 2. The summed E-state index contributed by atoms with van der Waals surface area (Å²) in [5.41, 5.74) is 1.05. The molecule has 3 aromatic carbocycles. The minimum atomic E-state index is -0.108. The zero-order valence-corrected chi connectivity index (χ0v) is 13.4. The van der Waals surface area contributed by atoms with E-state index >= 15 is 0 Å². The second-order valence-electron chi connectivity index (χ2n) is 5.24. The summed E-state index contributed by atoms with van der Waals surface area (Å²) in [6, 6.07) is 18.2. The molecule has 0 saturated heterocycles. The SMILES string of the molecule is O=c1cc(-c2cccc(Cl)c2Cl)oc2c1ccc1ccccc12. The molecule has 4 rings (SSSR count). The predicted octanol–water partition coefficient (Wildman–Crippen LogP) is 5.92. The summed E-state index contributed by atoms with van der Waals surface area (Å²) in [5, 5.41) is 3.24. The van der Waals surface area contributed by atoms with E-state index in [1.54, 1.807) is 24.3 Å². The Balaban J connectivity index is 2.12. The molecule has 112 valence electrons. The van der Waals surface area contributed by atoms with Gasteiger partial charge in [-0.25, -0.2) is 0 Å². The second-order valence-corrected chi connectivity index (χ2v) is 6.02. The van der Waals surface area contributed by atoms with E-state index < -0.39 is 0 Å². The molecule has 0 fully saturated rings. The highest BCUT2D eigenvalue weighted by Crippen LogP contribution is 2.35. The van der Waals surface area contributed by atoms with Crippen molar-refractivity contribution in [3.8, 4) is 11.3 Å². The zero-order valence-electron chi connectivity index (χ0n) is 11.8. The van der Waals surface area contributed by atoms with E-state index in [1.807, 2.05) is 30.3 Å². The molecule has 0 aliphatic rings. The molecule has 4 heteroatoms. The van der Waals surface area contributed by atoms with Gasteiger partial charge in [0, 0.05) is 17.0 Å². The van der Waals surface area contributed by atoms with Gasteiger partial charge in [0.05, 0.1) is 15.4 Å². The van der Waals surface area contributed by atoms with Crippen molar-refractivity contribution < 1.29 is 4.42 Å². The van der Waals surface area contributed by atoms with Gasteiger partial charge >= 0.3 is 0 Å². The van der Waals surface area contributed by atoms with E-state index in [-0.39, 0.29) is 5.43 Å². The third-order valence-corrected chi connectivity index (χ3v) is 4.66. The summed E-state index contributed by atoms with van der Waals surface area (Å²) in [6.45, 7) is 0. The van der Waals surface area contributed by atoms with Gasteiger partial charge in [-0.3, -0.25) is 4.79 Å². The first-order valence-corrected chi connectivity index (χ1v) is 7.81. The van der Waals surface area contributed by atoms with Crippen LogP contribution in [0.5, 0.6) is 0 Å². The fraction of sp³-hybridized carbons (Fsp3) is 0. The van der Waals surface area contributed by atoms with Crippen molar-refractivity contribution in [2.75, 3.05) is 0 Å². The molecule has 0 amide bonds. The molecule has 4 aromatic rings. The Morgan fingerprint density at radius 3 is 2.52 bits per heavy atom. The minimum absolute atomic E-state index is 0.108. The monoisotopic (exact) mass is 340 g/mol. The lowest BCUT2D eigenvalue weighted by Gasteiger charge is -2.08. The lowest BCUT2D eigenvalue weighted by molar-refractivity contribution is 0.622. The highest BCUT2D eigenvalue weighted by Gasteiger charge is 2.13. The Hall–Kier alpha value is -2.29. The van der Waals surface area contributed by atoms with E-state index in [0.717, 1.165) is 10.8 Å². The van der Waals surface area contributed by atoms with Crippen molar-refractivity contribution in [3.63, 3.8) is 0 Å². The van der Waals surface area contributed by atoms with E-state index in [2.05, 4.69) is 0 Å². The van der Waals surface area contributed by atoms with Gasteiger partial charge in [0.15, 0.2) is 5.43 Å². The quantitative estimate of drug-likeness (QED) is 0.402. The van der Waals surface area contributed by atoms with Crippen LogP contribution < -0.4 is 5.43 Å². The van der Waals surface area contributed by atoms with Crippen LogP contribution in [0.4, 0.5) is 0 Å². The largest absolute Gasteiger partial charge is 0.455 e. The second kappa shape index (κ2) is 5.41. The van der Waals surface area contributed by atoms with Crippen LogP contribution in [0.15, 0.2) is 69.9 Å². The summed E-state index contributed by atoms with van der Waals surface area (Å²) in [5.74, 6) is 0.409. The van der Waals surface area contributed by atoms with E-state index in [4.69, 9.17) is 27.6 Å². The third kappa shape index (κ3) is 2.31. The summed E-state index contributed by atoms with van der Waals surface area (Å²) in [6.07, 6.45) is 0. The first-order valence-electron chi connectivity index (χ1n) is 7.05. The average Bonchev–Trinajstić information content (AvgIpc) is 2.57. The first-order chi connectivity index (χ1) is 11.1. The molecule has 0 spiro atoms. The molecule has 0 unspecified atom stereocenters. The van der Waals surface area contributed by atoms with Crippen molar-refractivity contribution in [1.29, 1.82) is 0 Å². The van der Waals surface area contributed by atoms with Crippen LogP contribution in [0.1, 0.15) is 0 Å². The van der Waals surface area contributed by atoms with Crippen LogP contribution in [0.25, 0.3) is 33.1 Å². The van der Waals surface area contributed by atoms with Gasteiger partial charge in [0.2, 0.25) is 0 Å². The summed E-state index contributed by atoms with van der Waals surface area (Å²) in [7, 11) is 0. The van der Waals surface area contributed by atoms with Crippen molar-refractivity contribution >= 4 is 44.9 Å². The molecule has 0 N–H and O–H groups in total. The molecule has 0 aliphatic heterocycles. The van der Waals surface area contributed by atoms with Gasteiger partial charge in [-0.2, -0.15) is 0 Å². The van der Waals surface area contributed by atoms with Crippen molar-refractivity contribution in [2.45, 2.75) is 0 Å². The molecule has 0 atom stereocenters. The molecular formula is C19H10Cl2O2. The molecule has 1 heterocycles. The maximum absolute atomic E-state index is 12.5. The average molecular weight is 341 g/mol. The van der Waals surface area contributed by atoms with Crippen molar-refractivity contribution in [1.82, 2.24) is 0 Å². The van der Waals surface area contributed by atoms with Crippen molar-refractivity contribution in [3.05, 3.63) is 80.9 Å². The van der Waals surface area contributed by atoms with Gasteiger partial charge < -0.3 is 4.42 Å². The van der Waals surface area contributed by atoms with Crippen LogP contribution in [0, 0.1) is 0 Å². The molecule has 0 radical (unpaired) electrons. The van der Waals surface area contributed by atoms with Crippen LogP contribution in [0.3, 0.4) is 0 Å². The maximum atomic E-state index is 12.5. The highest BCUT2D eigenvalue weighted by molar-refractivity contribution is 6.43. The van der Waals surface area contributed by atoms with Crippen molar-refractivity contribution in [2.24, 2.45) is 0 Å². The summed E-state index contributed by atoms with van der Waals surface area (Å²) >= 11 is 12.3. The predicted molar refractivity (Wildman–Crippen MR) is 95.4 cm³/mol. The van der Waals surface area contributed by atoms with Gasteiger partial charge in [-0.1, -0.05) is 59.6 Å². The topological polar surface area (TPSA) is 30.2 Å². The van der Waals surface area contributed by atoms with Crippen LogP contribution in [-0.4, -0.2) is 0 Å². The van der Waals surface area contributed by atoms with Gasteiger partial charge in [0.25, 0.3) is 0 Å². The Morgan fingerprint density at radius 2 is 1.65 bits per heavy atom. The van der Waals surface area contributed by atoms with E-state index in [0.29, 0.717) is 32.3 Å². The standard InChI is InChI=1S/C19H10Cl2O2/c20-15-7-3-6-14(18(15)21)17-10-16(22)13-9-8-11-4-1-2-5-12(11)19(13)23-17/h1-10H. The van der Waals surface area contributed by atoms with Crippen LogP contribution >= 0.6 is 23.2 Å². The molecule has 0 bridgehead atoms. The van der Waals surface area contributed by atoms with Gasteiger partial charge in [-0.15, -0.1) is 0 Å². The zero-order chi connectivity index (χ0) is 16.0. The Kier molecular flexibility index (Phi) is 3.37. The molecular weight excluding hydrogens is 331 g/mol. The number of benzene rings is 3. The number of rotatable bonds is 1. The molecule has 0 aliphatic carbocycles. The normalized spacial score (nSPS) is 11.2. The van der Waals surface area contributed by atoms with E-state index in [9.17, 15) is 4.79 Å². The Labute approximate surface area is 141 Å². The Bertz CT molecular complexity index is 1110. The highest BCUT2D eigenvalue weighted by atomic mass is 35.5. The fourth-order valence-electron chi connectivity index (χ4n) is 2.71. The number of fused-ring (bicyclic) bond motifs is 3. The van der Waals surface area contributed by atoms with Gasteiger partial charge in [-0.05, 0) is 23.6 Å². The minimum Gasteiger partial charge on any atom is -0.455 e. The first kappa shape index (κ1) is 14.3. The summed E-state index contributed by atoms with van der Waals surface area (Å²) < 4.78 is 6.03. The Morgan fingerprint density at radius 1 is 0.826 bits per heavy atom. The molecule has 0 saturated carbocycles. The third-order valence-electron chi connectivity index (χ3n) is 3.84. The lowest BCUT2D eigenvalue weighted by Crippen LogP contribution is -2.00. The van der Waals surface area contributed by atoms with Gasteiger partial charge in [0.1, 0.15) is 11.3 Å². The van der Waals surface area contributed by atoms with Crippen LogP contribution in [0.2, 0.25) is 10.0 Å². The number of hydrogen-bond donors (Lipinski definition) is 0. The summed E-state index contributed by atoms with van der Waals surface area (Å²) in [4.78, 5) is 12.5. The number of hydrogen-bond acceptors (Lipinski definition) is 2. The van der Waals surface area contributed by atoms with E-state index in [1.165, 1.54) is 6.07 Å². The lowest BCUT2D eigenvalue weighted by atomic mass is 10.1.